The van der Waals surface area contributed by atoms with Gasteiger partial charge in [-0.2, -0.15) is 0 Å². The summed E-state index contributed by atoms with van der Waals surface area (Å²) in [5.41, 5.74) is 7.27. The molecule has 0 fully saturated rings. The van der Waals surface area contributed by atoms with Crippen molar-refractivity contribution in [1.29, 1.82) is 0 Å². The summed E-state index contributed by atoms with van der Waals surface area (Å²) in [6.07, 6.45) is 0. The molecule has 0 aliphatic carbocycles. The lowest BCUT2D eigenvalue weighted by Gasteiger charge is -2.14. The Morgan fingerprint density at radius 2 is 1.82 bits per heavy atom. The van der Waals surface area contributed by atoms with E-state index in [2.05, 4.69) is 15.9 Å². The monoisotopic (exact) mass is 313 g/mol. The van der Waals surface area contributed by atoms with Gasteiger partial charge in [-0.3, -0.25) is 0 Å². The molecule has 2 aromatic rings. The third-order valence-electron chi connectivity index (χ3n) is 2.53. The van der Waals surface area contributed by atoms with Gasteiger partial charge in [0.25, 0.3) is 0 Å². The van der Waals surface area contributed by atoms with E-state index in [1.54, 1.807) is 6.07 Å². The first-order chi connectivity index (χ1) is 8.09. The fraction of sp³-hybridized carbons (Fsp3) is 0.0769. The van der Waals surface area contributed by atoms with Crippen LogP contribution in [0.1, 0.15) is 17.2 Å². The van der Waals surface area contributed by atoms with Gasteiger partial charge in [-0.25, -0.2) is 4.39 Å². The molecule has 0 bridgehead atoms. The minimum absolute atomic E-state index is 0.363. The van der Waals surface area contributed by atoms with E-state index in [1.165, 1.54) is 6.07 Å². The zero-order chi connectivity index (χ0) is 12.4. The molecule has 4 heteroatoms. The molecule has 0 spiro atoms. The first kappa shape index (κ1) is 12.6. The van der Waals surface area contributed by atoms with E-state index in [9.17, 15) is 4.39 Å². The van der Waals surface area contributed by atoms with Crippen molar-refractivity contribution in [1.82, 2.24) is 0 Å². The van der Waals surface area contributed by atoms with Crippen LogP contribution in [0.15, 0.2) is 46.9 Å². The van der Waals surface area contributed by atoms with Gasteiger partial charge in [-0.1, -0.05) is 41.9 Å². The average molecular weight is 315 g/mol. The van der Waals surface area contributed by atoms with Crippen molar-refractivity contribution in [3.8, 4) is 0 Å². The van der Waals surface area contributed by atoms with Crippen LogP contribution >= 0.6 is 27.5 Å². The lowest BCUT2D eigenvalue weighted by atomic mass is 9.99. The smallest absolute Gasteiger partial charge is 0.129 e. The molecule has 1 atom stereocenters. The highest BCUT2D eigenvalue weighted by atomic mass is 79.9. The van der Waals surface area contributed by atoms with Crippen LogP contribution in [0, 0.1) is 5.82 Å². The molecule has 0 aliphatic rings. The van der Waals surface area contributed by atoms with Crippen molar-refractivity contribution in [2.75, 3.05) is 0 Å². The van der Waals surface area contributed by atoms with E-state index in [0.29, 0.717) is 15.1 Å². The zero-order valence-electron chi connectivity index (χ0n) is 8.83. The lowest BCUT2D eigenvalue weighted by molar-refractivity contribution is 0.599. The fourth-order valence-corrected chi connectivity index (χ4v) is 2.10. The van der Waals surface area contributed by atoms with Gasteiger partial charge in [-0.05, 0) is 33.6 Å². The second kappa shape index (κ2) is 5.17. The Labute approximate surface area is 113 Å². The molecule has 88 valence electrons. The largest absolute Gasteiger partial charge is 0.320 e. The first-order valence-corrected chi connectivity index (χ1v) is 6.21. The highest BCUT2D eigenvalue weighted by Gasteiger charge is 2.15. The molecule has 1 unspecified atom stereocenters. The van der Waals surface area contributed by atoms with E-state index in [1.807, 2.05) is 30.3 Å². The Hall–Kier alpha value is -0.900. The van der Waals surface area contributed by atoms with Crippen molar-refractivity contribution < 1.29 is 4.39 Å². The molecule has 0 heterocycles. The van der Waals surface area contributed by atoms with E-state index < -0.39 is 6.04 Å². The molecule has 2 rings (SSSR count). The predicted octanol–water partition coefficient (Wildman–Crippen LogP) is 4.29. The molecule has 0 saturated carbocycles. The summed E-state index contributed by atoms with van der Waals surface area (Å²) in [4.78, 5) is 0. The molecule has 1 nitrogen and oxygen atoms in total. The number of rotatable bonds is 2. The molecule has 0 radical (unpaired) electrons. The maximum atomic E-state index is 13.8. The van der Waals surface area contributed by atoms with Crippen molar-refractivity contribution in [2.45, 2.75) is 6.04 Å². The summed E-state index contributed by atoms with van der Waals surface area (Å²) in [7, 11) is 0. The minimum atomic E-state index is -0.512. The quantitative estimate of drug-likeness (QED) is 0.822. The highest BCUT2D eigenvalue weighted by molar-refractivity contribution is 9.10. The number of halogens is 3. The van der Waals surface area contributed by atoms with Crippen molar-refractivity contribution in [3.63, 3.8) is 0 Å². The summed E-state index contributed by atoms with van der Waals surface area (Å²) in [5, 5.41) is 0.452. The molecule has 2 aromatic carbocycles. The summed E-state index contributed by atoms with van der Waals surface area (Å²) in [5.74, 6) is -0.363. The standard InChI is InChI=1S/C13H10BrClFN/c14-10-7-12(16)9(6-11(10)15)13(17)8-4-2-1-3-5-8/h1-7,13H,17H2. The molecular weight excluding hydrogens is 305 g/mol. The summed E-state index contributed by atoms with van der Waals surface area (Å²) < 4.78 is 14.3. The van der Waals surface area contributed by atoms with Crippen molar-refractivity contribution >= 4 is 27.5 Å². The Morgan fingerprint density at radius 1 is 1.18 bits per heavy atom. The van der Waals surface area contributed by atoms with Crippen LogP contribution < -0.4 is 5.73 Å². The second-order valence-electron chi connectivity index (χ2n) is 3.68. The van der Waals surface area contributed by atoms with E-state index >= 15 is 0 Å². The maximum absolute atomic E-state index is 13.8. The Kier molecular flexibility index (Phi) is 3.82. The van der Waals surface area contributed by atoms with E-state index in [0.717, 1.165) is 5.56 Å². The fourth-order valence-electron chi connectivity index (χ4n) is 1.62. The van der Waals surface area contributed by atoms with Crippen LogP contribution in [0.2, 0.25) is 5.02 Å². The van der Waals surface area contributed by atoms with Crippen LogP contribution in [-0.4, -0.2) is 0 Å². The topological polar surface area (TPSA) is 26.0 Å². The third-order valence-corrected chi connectivity index (χ3v) is 3.73. The van der Waals surface area contributed by atoms with Crippen LogP contribution in [0.4, 0.5) is 4.39 Å². The molecule has 17 heavy (non-hydrogen) atoms. The van der Waals surface area contributed by atoms with Crippen LogP contribution in [0.25, 0.3) is 0 Å². The molecular formula is C13H10BrClFN. The van der Waals surface area contributed by atoms with Crippen molar-refractivity contribution in [3.05, 3.63) is 68.9 Å². The number of nitrogens with two attached hydrogens (primary N) is 1. The lowest BCUT2D eigenvalue weighted by Crippen LogP contribution is -2.13. The Morgan fingerprint density at radius 3 is 2.47 bits per heavy atom. The molecule has 2 N–H and O–H groups in total. The van der Waals surface area contributed by atoms with Crippen LogP contribution in [0.3, 0.4) is 0 Å². The normalized spacial score (nSPS) is 12.5. The molecule has 0 amide bonds. The Balaban J connectivity index is 2.44. The number of hydrogen-bond acceptors (Lipinski definition) is 1. The maximum Gasteiger partial charge on any atom is 0.129 e. The predicted molar refractivity (Wildman–Crippen MR) is 71.6 cm³/mol. The van der Waals surface area contributed by atoms with Gasteiger partial charge < -0.3 is 5.73 Å². The van der Waals surface area contributed by atoms with E-state index in [-0.39, 0.29) is 5.82 Å². The van der Waals surface area contributed by atoms with Crippen molar-refractivity contribution in [2.24, 2.45) is 5.73 Å². The average Bonchev–Trinajstić information content (AvgIpc) is 2.34. The van der Waals surface area contributed by atoms with E-state index in [4.69, 9.17) is 17.3 Å². The van der Waals surface area contributed by atoms with Gasteiger partial charge in [0.05, 0.1) is 11.1 Å². The summed E-state index contributed by atoms with van der Waals surface area (Å²) >= 11 is 9.12. The number of benzene rings is 2. The van der Waals surface area contributed by atoms with Gasteiger partial charge in [0.15, 0.2) is 0 Å². The molecule has 0 aliphatic heterocycles. The summed E-state index contributed by atoms with van der Waals surface area (Å²) in [6, 6.07) is 11.7. The van der Waals surface area contributed by atoms with Gasteiger partial charge in [0.2, 0.25) is 0 Å². The van der Waals surface area contributed by atoms with Gasteiger partial charge in [0, 0.05) is 10.0 Å². The SMILES string of the molecule is NC(c1ccccc1)c1cc(Cl)c(Br)cc1F. The van der Waals surface area contributed by atoms with Crippen LogP contribution in [-0.2, 0) is 0 Å². The van der Waals surface area contributed by atoms with Gasteiger partial charge >= 0.3 is 0 Å². The zero-order valence-corrected chi connectivity index (χ0v) is 11.2. The number of hydrogen-bond donors (Lipinski definition) is 1. The highest BCUT2D eigenvalue weighted by Crippen LogP contribution is 2.30. The summed E-state index contributed by atoms with van der Waals surface area (Å²) in [6.45, 7) is 0. The minimum Gasteiger partial charge on any atom is -0.320 e. The van der Waals surface area contributed by atoms with Gasteiger partial charge in [-0.15, -0.1) is 0 Å². The molecule has 0 aromatic heterocycles. The first-order valence-electron chi connectivity index (χ1n) is 5.04. The second-order valence-corrected chi connectivity index (χ2v) is 4.94. The van der Waals surface area contributed by atoms with Gasteiger partial charge in [0.1, 0.15) is 5.82 Å². The Bertz CT molecular complexity index is 530. The van der Waals surface area contributed by atoms with Crippen LogP contribution in [0.5, 0.6) is 0 Å². The molecule has 0 saturated heterocycles. The third kappa shape index (κ3) is 2.68.